The van der Waals surface area contributed by atoms with Crippen LogP contribution in [-0.4, -0.2) is 52.6 Å². The van der Waals surface area contributed by atoms with Crippen molar-refractivity contribution in [2.24, 2.45) is 0 Å². The van der Waals surface area contributed by atoms with E-state index in [4.69, 9.17) is 52.6 Å². The van der Waals surface area contributed by atoms with Crippen LogP contribution in [0.4, 0.5) is 0 Å². The molecule has 0 unspecified atom stereocenters. The van der Waals surface area contributed by atoms with Gasteiger partial charge in [0.25, 0.3) is 0 Å². The molecule has 16 heteroatoms. The standard InChI is InChI=1S/C.3H2O4S.Pt/c;3*1-5(2,3)4;/h;3*(H2,1,2,3,4);/q+4;;;;+2/p-6. The quantitative estimate of drug-likeness (QED) is 0.231. The normalized spacial score (nSPS) is 10.2. The van der Waals surface area contributed by atoms with Crippen molar-refractivity contribution in [3.63, 3.8) is 0 Å². The van der Waals surface area contributed by atoms with Crippen LogP contribution >= 0.6 is 0 Å². The molecule has 0 saturated carbocycles. The summed E-state index contributed by atoms with van der Waals surface area (Å²) in [6.45, 7) is 0. The molecule has 12 nitrogen and oxygen atoms in total. The van der Waals surface area contributed by atoms with E-state index in [1.54, 1.807) is 0 Å². The van der Waals surface area contributed by atoms with Gasteiger partial charge in [-0.2, -0.15) is 0 Å². The molecule has 0 aliphatic carbocycles. The summed E-state index contributed by atoms with van der Waals surface area (Å²) in [6, 6.07) is 0. The molecule has 17 heavy (non-hydrogen) atoms. The summed E-state index contributed by atoms with van der Waals surface area (Å²) in [5.41, 5.74) is 0. The van der Waals surface area contributed by atoms with Crippen molar-refractivity contribution in [2.45, 2.75) is 0 Å². The van der Waals surface area contributed by atoms with E-state index in [-0.39, 0.29) is 28.5 Å². The molecule has 0 aromatic carbocycles. The minimum Gasteiger partial charge on any atom is -0.759 e. The van der Waals surface area contributed by atoms with Gasteiger partial charge < -0.3 is 27.3 Å². The van der Waals surface area contributed by atoms with Crippen LogP contribution in [0.25, 0.3) is 0 Å². The van der Waals surface area contributed by atoms with Gasteiger partial charge in [-0.1, -0.05) is 0 Å². The molecule has 0 heterocycles. The van der Waals surface area contributed by atoms with Crippen molar-refractivity contribution in [1.29, 1.82) is 0 Å². The van der Waals surface area contributed by atoms with E-state index in [1.165, 1.54) is 0 Å². The Morgan fingerprint density at radius 2 is 0.471 bits per heavy atom. The molecule has 0 saturated heterocycles. The predicted octanol–water partition coefficient (Wildman–Crippen LogP) is -3.94. The Balaban J connectivity index is -0.0000000400. The van der Waals surface area contributed by atoms with Crippen molar-refractivity contribution in [2.75, 3.05) is 0 Å². The van der Waals surface area contributed by atoms with E-state index in [0.717, 1.165) is 0 Å². The van der Waals surface area contributed by atoms with Gasteiger partial charge in [0.2, 0.25) is 0 Å². The Labute approximate surface area is 112 Å². The minimum absolute atomic E-state index is 0. The maximum Gasteiger partial charge on any atom is 4.00 e. The molecule has 0 aromatic rings. The molecule has 0 aliphatic heterocycles. The first-order valence-corrected chi connectivity index (χ1v) is 6.00. The van der Waals surface area contributed by atoms with Gasteiger partial charge in [-0.15, -0.1) is 0 Å². The van der Waals surface area contributed by atoms with Gasteiger partial charge in [0.15, 0.2) is 0 Å². The fourth-order valence-electron chi connectivity index (χ4n) is 0. The largest absolute Gasteiger partial charge is 4.00 e. The van der Waals surface area contributed by atoms with Crippen LogP contribution in [0.3, 0.4) is 0 Å². The SMILES string of the molecule is O=S(=O)([O-])[O-].O=S(=O)([O-])[O-].O=S(=O)([O-])[O-].[C+4].[Pt+2]. The van der Waals surface area contributed by atoms with E-state index >= 15 is 0 Å². The predicted molar refractivity (Wildman–Crippen MR) is 34.7 cm³/mol. The summed E-state index contributed by atoms with van der Waals surface area (Å²) in [7, 11) is -15.5. The molecule has 0 amide bonds. The zero-order valence-corrected chi connectivity index (χ0v) is 11.7. The molecule has 0 aliphatic rings. The smallest absolute Gasteiger partial charge is 0.759 e. The van der Waals surface area contributed by atoms with Gasteiger partial charge in [0.1, 0.15) is 0 Å². The van der Waals surface area contributed by atoms with Crippen molar-refractivity contribution >= 4 is 31.2 Å². The van der Waals surface area contributed by atoms with E-state index in [1.807, 2.05) is 0 Å². The fourth-order valence-corrected chi connectivity index (χ4v) is 0. The van der Waals surface area contributed by atoms with E-state index in [0.29, 0.717) is 0 Å². The van der Waals surface area contributed by atoms with Crippen LogP contribution in [0, 0.1) is 7.43 Å². The first kappa shape index (κ1) is 30.4. The first-order valence-electron chi connectivity index (χ1n) is 2.00. The molecule has 0 atom stereocenters. The second-order valence-corrected chi connectivity index (χ2v) is 3.67. The van der Waals surface area contributed by atoms with Gasteiger partial charge in [-0.3, -0.25) is 25.3 Å². The molecule has 0 N–H and O–H groups in total. The zero-order valence-electron chi connectivity index (χ0n) is 6.94. The average molecular weight is 495 g/mol. The summed E-state index contributed by atoms with van der Waals surface area (Å²) in [6.07, 6.45) is 0. The van der Waals surface area contributed by atoms with E-state index in [9.17, 15) is 0 Å². The molecule has 0 rings (SSSR count). The summed E-state index contributed by atoms with van der Waals surface area (Å²) in [5.74, 6) is 0. The van der Waals surface area contributed by atoms with Crippen molar-refractivity contribution < 1.29 is 73.6 Å². The van der Waals surface area contributed by atoms with Gasteiger partial charge in [-0.05, 0) is 0 Å². The molecular formula is CO12PtS3. The third kappa shape index (κ3) is 37400. The maximum atomic E-state index is 8.52. The second kappa shape index (κ2) is 11.4. The number of hydrogen-bond acceptors (Lipinski definition) is 12. The molecule has 0 fully saturated rings. The third-order valence-electron chi connectivity index (χ3n) is 0. The molecule has 0 spiro atoms. The Morgan fingerprint density at radius 1 is 0.471 bits per heavy atom. The van der Waals surface area contributed by atoms with Gasteiger partial charge >= 0.3 is 28.5 Å². The Kier molecular flexibility index (Phi) is 20.4. The van der Waals surface area contributed by atoms with Crippen molar-refractivity contribution in [3.05, 3.63) is 7.43 Å². The van der Waals surface area contributed by atoms with Crippen LogP contribution < -0.4 is 0 Å². The zero-order chi connectivity index (χ0) is 13.5. The van der Waals surface area contributed by atoms with Crippen LogP contribution in [0.15, 0.2) is 0 Å². The summed E-state index contributed by atoms with van der Waals surface area (Å²) < 4.78 is 102. The summed E-state index contributed by atoms with van der Waals surface area (Å²) in [4.78, 5) is 0. The molecule has 104 valence electrons. The van der Waals surface area contributed by atoms with Gasteiger partial charge in [0, 0.05) is 31.2 Å². The monoisotopic (exact) mass is 495 g/mol. The average Bonchev–Trinajstić information content (AvgIpc) is 1.41. The molecule has 0 bridgehead atoms. The number of hydrogen-bond donors (Lipinski definition) is 0. The molecular weight excluding hydrogens is 495 g/mol. The second-order valence-electron chi connectivity index (χ2n) is 1.22. The molecule has 0 radical (unpaired) electrons. The summed E-state index contributed by atoms with van der Waals surface area (Å²) >= 11 is 0. The topological polar surface area (TPSA) is 241 Å². The van der Waals surface area contributed by atoms with Crippen LogP contribution in [0.2, 0.25) is 0 Å². The van der Waals surface area contributed by atoms with Crippen LogP contribution in [0.1, 0.15) is 0 Å². The third-order valence-corrected chi connectivity index (χ3v) is 0. The summed E-state index contributed by atoms with van der Waals surface area (Å²) in [5, 5.41) is 0. The van der Waals surface area contributed by atoms with Gasteiger partial charge in [0.05, 0.1) is 0 Å². The van der Waals surface area contributed by atoms with Crippen molar-refractivity contribution in [1.82, 2.24) is 0 Å². The number of rotatable bonds is 0. The fraction of sp³-hybridized carbons (Fsp3) is 0. The van der Waals surface area contributed by atoms with E-state index < -0.39 is 31.2 Å². The van der Waals surface area contributed by atoms with Crippen molar-refractivity contribution in [3.8, 4) is 0 Å². The van der Waals surface area contributed by atoms with Crippen LogP contribution in [0.5, 0.6) is 0 Å². The maximum absolute atomic E-state index is 8.52. The Morgan fingerprint density at radius 3 is 0.471 bits per heavy atom. The van der Waals surface area contributed by atoms with Crippen LogP contribution in [-0.2, 0) is 52.3 Å². The van der Waals surface area contributed by atoms with E-state index in [2.05, 4.69) is 0 Å². The molecule has 0 aromatic heterocycles. The Hall–Kier alpha value is 0.298. The Bertz CT molecular complexity index is 343. The van der Waals surface area contributed by atoms with Gasteiger partial charge in [-0.25, -0.2) is 0 Å². The first-order chi connectivity index (χ1) is 6.00. The minimum atomic E-state index is -5.17.